The van der Waals surface area contributed by atoms with E-state index in [-0.39, 0.29) is 5.91 Å². The van der Waals surface area contributed by atoms with Crippen molar-refractivity contribution in [2.45, 2.75) is 0 Å². The molecule has 28 heavy (non-hydrogen) atoms. The molecule has 0 spiro atoms. The molecule has 7 heteroatoms. The number of hydrogen-bond donors (Lipinski definition) is 0. The van der Waals surface area contributed by atoms with Crippen LogP contribution in [0.2, 0.25) is 5.02 Å². The molecule has 1 aliphatic carbocycles. The molecule has 1 atom stereocenters. The molecule has 0 saturated carbocycles. The first-order valence-corrected chi connectivity index (χ1v) is 9.51. The highest BCUT2D eigenvalue weighted by Gasteiger charge is 2.36. The van der Waals surface area contributed by atoms with Crippen molar-refractivity contribution in [1.82, 2.24) is 4.90 Å². The van der Waals surface area contributed by atoms with Crippen molar-refractivity contribution in [3.63, 3.8) is 0 Å². The molecule has 1 fully saturated rings. The van der Waals surface area contributed by atoms with Crippen LogP contribution >= 0.6 is 11.6 Å². The largest absolute Gasteiger partial charge is 0.500 e. The van der Waals surface area contributed by atoms with Crippen molar-refractivity contribution < 1.29 is 14.3 Å². The number of hydrogen-bond acceptors (Lipinski definition) is 4. The molecule has 0 aromatic heterocycles. The summed E-state index contributed by atoms with van der Waals surface area (Å²) >= 11 is 6.09. The van der Waals surface area contributed by atoms with Crippen LogP contribution in [0, 0.1) is 5.92 Å². The third kappa shape index (κ3) is 3.47. The minimum atomic E-state index is -0.425. The average Bonchev–Trinajstić information content (AvgIpc) is 2.72. The number of anilines is 1. The molecule has 0 radical (unpaired) electrons. The zero-order chi connectivity index (χ0) is 19.7. The first-order valence-electron chi connectivity index (χ1n) is 9.13. The minimum absolute atomic E-state index is 0.144. The van der Waals surface area contributed by atoms with Crippen molar-refractivity contribution in [2.24, 2.45) is 10.9 Å². The molecule has 2 amide bonds. The molecular formula is C21H20ClN3O3. The highest BCUT2D eigenvalue weighted by Crippen LogP contribution is 2.31. The lowest BCUT2D eigenvalue weighted by Gasteiger charge is -2.37. The molecule has 6 nitrogen and oxygen atoms in total. The molecule has 0 N–H and O–H groups in total. The van der Waals surface area contributed by atoms with Gasteiger partial charge in [-0.05, 0) is 30.4 Å². The summed E-state index contributed by atoms with van der Waals surface area (Å²) in [5.74, 6) is -0.360. The fourth-order valence-electron chi connectivity index (χ4n) is 3.76. The number of fused-ring (bicyclic) bond motifs is 1. The Balaban J connectivity index is 1.50. The molecule has 3 aliphatic rings. The Kier molecular flexibility index (Phi) is 5.05. The Morgan fingerprint density at radius 3 is 2.75 bits per heavy atom. The van der Waals surface area contributed by atoms with Crippen molar-refractivity contribution in [1.29, 1.82) is 0 Å². The summed E-state index contributed by atoms with van der Waals surface area (Å²) in [6, 6.07) is 7.70. The van der Waals surface area contributed by atoms with Crippen LogP contribution < -0.4 is 4.90 Å². The fourth-order valence-corrected chi connectivity index (χ4v) is 3.95. The second kappa shape index (κ2) is 7.64. The van der Waals surface area contributed by atoms with Gasteiger partial charge in [0.2, 0.25) is 0 Å². The Morgan fingerprint density at radius 1 is 1.25 bits per heavy atom. The van der Waals surface area contributed by atoms with E-state index in [0.717, 1.165) is 5.69 Å². The average molecular weight is 398 g/mol. The van der Waals surface area contributed by atoms with Gasteiger partial charge in [0.25, 0.3) is 11.8 Å². The number of dihydropyridines is 1. The van der Waals surface area contributed by atoms with Gasteiger partial charge >= 0.3 is 0 Å². The van der Waals surface area contributed by atoms with Crippen LogP contribution in [-0.4, -0.2) is 55.7 Å². The summed E-state index contributed by atoms with van der Waals surface area (Å²) in [4.78, 5) is 33.3. The van der Waals surface area contributed by atoms with E-state index in [1.54, 1.807) is 30.2 Å². The number of rotatable bonds is 3. The summed E-state index contributed by atoms with van der Waals surface area (Å²) < 4.78 is 5.44. The lowest BCUT2D eigenvalue weighted by molar-refractivity contribution is -0.128. The van der Waals surface area contributed by atoms with Gasteiger partial charge in [-0.2, -0.15) is 0 Å². The van der Waals surface area contributed by atoms with Crippen LogP contribution in [0.5, 0.6) is 0 Å². The van der Waals surface area contributed by atoms with Crippen LogP contribution in [0.1, 0.15) is 0 Å². The predicted molar refractivity (Wildman–Crippen MR) is 108 cm³/mol. The summed E-state index contributed by atoms with van der Waals surface area (Å²) in [5.41, 5.74) is 2.01. The molecule has 1 unspecified atom stereocenters. The highest BCUT2D eigenvalue weighted by atomic mass is 35.5. The van der Waals surface area contributed by atoms with E-state index in [9.17, 15) is 9.59 Å². The highest BCUT2D eigenvalue weighted by molar-refractivity contribution is 6.30. The second-order valence-electron chi connectivity index (χ2n) is 6.80. The van der Waals surface area contributed by atoms with E-state index in [4.69, 9.17) is 16.3 Å². The molecule has 1 saturated heterocycles. The smallest absolute Gasteiger partial charge is 0.270 e. The van der Waals surface area contributed by atoms with E-state index < -0.39 is 11.8 Å². The maximum absolute atomic E-state index is 13.2. The normalized spacial score (nSPS) is 21.6. The molecule has 144 valence electrons. The second-order valence-corrected chi connectivity index (χ2v) is 7.24. The van der Waals surface area contributed by atoms with Crippen molar-refractivity contribution >= 4 is 34.8 Å². The van der Waals surface area contributed by atoms with Gasteiger partial charge in [0.15, 0.2) is 0 Å². The number of aliphatic imine (C=N–C) groups is 1. The quantitative estimate of drug-likeness (QED) is 0.786. The van der Waals surface area contributed by atoms with Crippen molar-refractivity contribution in [2.75, 3.05) is 38.2 Å². The van der Waals surface area contributed by atoms with Crippen molar-refractivity contribution in [3.05, 3.63) is 64.9 Å². The number of ether oxygens (including phenoxy) is 1. The van der Waals surface area contributed by atoms with E-state index in [0.29, 0.717) is 48.2 Å². The van der Waals surface area contributed by atoms with Crippen LogP contribution in [0.15, 0.2) is 64.9 Å². The summed E-state index contributed by atoms with van der Waals surface area (Å²) in [5, 5.41) is 0.693. The van der Waals surface area contributed by atoms with Gasteiger partial charge in [-0.3, -0.25) is 9.59 Å². The lowest BCUT2D eigenvalue weighted by atomic mass is 9.85. The van der Waals surface area contributed by atoms with Crippen LogP contribution in [0.3, 0.4) is 0 Å². The topological polar surface area (TPSA) is 62.2 Å². The summed E-state index contributed by atoms with van der Waals surface area (Å²) in [6.45, 7) is 2.54. The van der Waals surface area contributed by atoms with Gasteiger partial charge in [-0.25, -0.2) is 4.99 Å². The predicted octanol–water partition coefficient (Wildman–Crippen LogP) is 2.61. The number of piperazine rings is 1. The number of amides is 2. The molecule has 1 aromatic rings. The number of methoxy groups -OCH3 is 1. The number of carbonyl (C=O) groups excluding carboxylic acids is 2. The first kappa shape index (κ1) is 18.5. The maximum atomic E-state index is 13.2. The molecular weight excluding hydrogens is 378 g/mol. The fraction of sp³-hybridized carbons (Fsp3) is 0.286. The number of carbonyl (C=O) groups is 2. The van der Waals surface area contributed by atoms with Gasteiger partial charge in [0, 0.05) is 48.5 Å². The Morgan fingerprint density at radius 2 is 2.04 bits per heavy atom. The Labute approximate surface area is 168 Å². The van der Waals surface area contributed by atoms with E-state index in [2.05, 4.69) is 9.89 Å². The van der Waals surface area contributed by atoms with Gasteiger partial charge in [0.1, 0.15) is 5.76 Å². The van der Waals surface area contributed by atoms with Crippen molar-refractivity contribution in [3.8, 4) is 0 Å². The van der Waals surface area contributed by atoms with Crippen LogP contribution in [0.4, 0.5) is 5.69 Å². The Bertz CT molecular complexity index is 940. The Hall–Kier alpha value is -2.86. The maximum Gasteiger partial charge on any atom is 0.270 e. The monoisotopic (exact) mass is 397 g/mol. The summed E-state index contributed by atoms with van der Waals surface area (Å²) in [6.07, 6.45) is 6.67. The van der Waals surface area contributed by atoms with Gasteiger partial charge in [0.05, 0.1) is 18.7 Å². The minimum Gasteiger partial charge on any atom is -0.500 e. The third-order valence-corrected chi connectivity index (χ3v) is 5.40. The number of nitrogens with zero attached hydrogens (tertiary/aromatic N) is 3. The third-order valence-electron chi connectivity index (χ3n) is 5.16. The number of allylic oxidation sites excluding steroid dienone is 4. The molecule has 1 aromatic carbocycles. The van der Waals surface area contributed by atoms with E-state index >= 15 is 0 Å². The standard InChI is InChI=1S/C21H20ClN3O3/c1-28-18-7-3-6-17-20(18)16(13-19(26)23-17)21(27)25-10-8-24(9-11-25)15-5-2-4-14(22)12-15/h2-7,12-13,20H,8-11H2,1H3. The molecule has 4 rings (SSSR count). The lowest BCUT2D eigenvalue weighted by Crippen LogP contribution is -2.50. The number of halogens is 1. The van der Waals surface area contributed by atoms with Crippen LogP contribution in [0.25, 0.3) is 0 Å². The zero-order valence-electron chi connectivity index (χ0n) is 15.5. The number of benzene rings is 1. The van der Waals surface area contributed by atoms with E-state index in [1.807, 2.05) is 24.3 Å². The molecule has 0 bridgehead atoms. The summed E-state index contributed by atoms with van der Waals surface area (Å²) in [7, 11) is 1.56. The first-order chi connectivity index (χ1) is 13.6. The van der Waals surface area contributed by atoms with Crippen LogP contribution in [-0.2, 0) is 14.3 Å². The van der Waals surface area contributed by atoms with E-state index in [1.165, 1.54) is 6.08 Å². The molecule has 2 heterocycles. The van der Waals surface area contributed by atoms with Gasteiger partial charge < -0.3 is 14.5 Å². The zero-order valence-corrected chi connectivity index (χ0v) is 16.2. The van der Waals surface area contributed by atoms with Gasteiger partial charge in [-0.15, -0.1) is 0 Å². The SMILES string of the molecule is COC1=CC=CC2=NC(=O)C=C(C(=O)N3CCN(c4cccc(Cl)c4)CC3)C12. The van der Waals surface area contributed by atoms with Gasteiger partial charge in [-0.1, -0.05) is 23.7 Å². The molecule has 2 aliphatic heterocycles.